The minimum absolute atomic E-state index is 0.614. The fraction of sp³-hybridized carbons (Fsp3) is 0.462. The Kier molecular flexibility index (Phi) is 4.30. The highest BCUT2D eigenvalue weighted by Crippen LogP contribution is 2.30. The van der Waals surface area contributed by atoms with Crippen molar-refractivity contribution in [1.82, 2.24) is 4.23 Å². The third-order valence-corrected chi connectivity index (χ3v) is 7.46. The summed E-state index contributed by atoms with van der Waals surface area (Å²) < 4.78 is 8.60. The molecule has 0 bridgehead atoms. The van der Waals surface area contributed by atoms with E-state index in [0.29, 0.717) is 10.0 Å². The summed E-state index contributed by atoms with van der Waals surface area (Å²) in [5.74, 6) is 0. The van der Waals surface area contributed by atoms with Gasteiger partial charge >= 0.3 is 0 Å². The Morgan fingerprint density at radius 2 is 1.55 bits per heavy atom. The number of thiazole rings is 1. The summed E-state index contributed by atoms with van der Waals surface area (Å²) in [5, 5.41) is 1.23. The molecule has 20 heavy (non-hydrogen) atoms. The van der Waals surface area contributed by atoms with Crippen LogP contribution in [0.25, 0.3) is 10.2 Å². The molecule has 0 spiro atoms. The van der Waals surface area contributed by atoms with E-state index < -0.39 is 16.5 Å². The van der Waals surface area contributed by atoms with Crippen LogP contribution in [0.3, 0.4) is 0 Å². The smallest absolute Gasteiger partial charge is 0.176 e. The molecular weight excluding hydrogens is 343 g/mol. The van der Waals surface area contributed by atoms with E-state index in [4.69, 9.17) is 27.9 Å². The van der Waals surface area contributed by atoms with Gasteiger partial charge in [-0.2, -0.15) is 0 Å². The molecular formula is C13H20Cl2N2SSi2. The predicted octanol–water partition coefficient (Wildman–Crippen LogP) is 5.43. The second-order valence-corrected chi connectivity index (χ2v) is 18.1. The summed E-state index contributed by atoms with van der Waals surface area (Å²) in [4.78, 5) is 1.12. The largest absolute Gasteiger partial charge is 0.346 e. The van der Waals surface area contributed by atoms with E-state index in [1.54, 1.807) is 11.3 Å². The first-order chi connectivity index (χ1) is 8.99. The van der Waals surface area contributed by atoms with Crippen molar-refractivity contribution in [3.8, 4) is 0 Å². The standard InChI is InChI=1S/C13H20Cl2N2SSi2/c1-19(2,3)16-13-17(20(4,5)6)11-7-9(14)10(15)8-12(11)18-13/h7-8H,1-6H3. The minimum Gasteiger partial charge on any atom is -0.346 e. The molecule has 7 heteroatoms. The van der Waals surface area contributed by atoms with Gasteiger partial charge in [-0.05, 0) is 31.8 Å². The van der Waals surface area contributed by atoms with Gasteiger partial charge in [0.2, 0.25) is 0 Å². The summed E-state index contributed by atoms with van der Waals surface area (Å²) in [6, 6.07) is 3.95. The SMILES string of the molecule is C[Si](C)(C)N=c1sc2cc(Cl)c(Cl)cc2n1[Si](C)(C)C. The Hall–Kier alpha value is -0.0762. The van der Waals surface area contributed by atoms with Gasteiger partial charge in [-0.15, -0.1) is 0 Å². The van der Waals surface area contributed by atoms with Crippen molar-refractivity contribution in [2.75, 3.05) is 0 Å². The first-order valence-corrected chi connectivity index (χ1v) is 15.0. The normalized spacial score (nSPS) is 14.3. The molecule has 1 aromatic heterocycles. The van der Waals surface area contributed by atoms with Crippen LogP contribution in [0.15, 0.2) is 16.8 Å². The highest BCUT2D eigenvalue weighted by Gasteiger charge is 2.23. The Bertz CT molecular complexity index is 721. The van der Waals surface area contributed by atoms with E-state index in [2.05, 4.69) is 43.5 Å². The van der Waals surface area contributed by atoms with Crippen LogP contribution in [0, 0.1) is 0 Å². The van der Waals surface area contributed by atoms with Gasteiger partial charge in [0.25, 0.3) is 0 Å². The lowest BCUT2D eigenvalue weighted by Gasteiger charge is -2.21. The molecule has 0 aliphatic rings. The van der Waals surface area contributed by atoms with Gasteiger partial charge in [0.1, 0.15) is 0 Å². The number of aromatic nitrogens is 1. The average molecular weight is 363 g/mol. The van der Waals surface area contributed by atoms with Crippen molar-refractivity contribution >= 4 is 61.2 Å². The molecule has 0 saturated carbocycles. The summed E-state index contributed by atoms with van der Waals surface area (Å²) >= 11 is 14.1. The first kappa shape index (κ1) is 16.3. The van der Waals surface area contributed by atoms with Crippen molar-refractivity contribution < 1.29 is 0 Å². The van der Waals surface area contributed by atoms with Gasteiger partial charge in [0.05, 0.1) is 20.3 Å². The molecule has 2 nitrogen and oxygen atoms in total. The number of benzene rings is 1. The van der Waals surface area contributed by atoms with Crippen LogP contribution in [-0.2, 0) is 0 Å². The highest BCUT2D eigenvalue weighted by molar-refractivity contribution is 7.17. The second-order valence-electron chi connectivity index (χ2n) is 6.91. The van der Waals surface area contributed by atoms with Crippen LogP contribution in [0.4, 0.5) is 0 Å². The molecule has 110 valence electrons. The zero-order chi connectivity index (χ0) is 15.3. The monoisotopic (exact) mass is 362 g/mol. The van der Waals surface area contributed by atoms with Crippen LogP contribution in [0.2, 0.25) is 49.3 Å². The van der Waals surface area contributed by atoms with Gasteiger partial charge in [0, 0.05) is 0 Å². The lowest BCUT2D eigenvalue weighted by molar-refractivity contribution is 1.11. The second kappa shape index (κ2) is 5.28. The van der Waals surface area contributed by atoms with Crippen molar-refractivity contribution in [2.24, 2.45) is 4.66 Å². The fourth-order valence-corrected chi connectivity index (χ4v) is 7.58. The molecule has 0 aliphatic heterocycles. The number of hydrogen-bond acceptors (Lipinski definition) is 2. The lowest BCUT2D eigenvalue weighted by Crippen LogP contribution is -2.40. The molecule has 1 aromatic carbocycles. The zero-order valence-corrected chi connectivity index (χ0v) is 17.0. The Morgan fingerprint density at radius 3 is 2.05 bits per heavy atom. The molecule has 0 radical (unpaired) electrons. The van der Waals surface area contributed by atoms with E-state index in [0.717, 1.165) is 4.80 Å². The Morgan fingerprint density at radius 1 is 1.00 bits per heavy atom. The molecule has 0 unspecified atom stereocenters. The van der Waals surface area contributed by atoms with Gasteiger partial charge in [0.15, 0.2) is 21.3 Å². The number of nitrogens with zero attached hydrogens (tertiary/aromatic N) is 2. The first-order valence-electron chi connectivity index (χ1n) is 6.56. The van der Waals surface area contributed by atoms with Crippen LogP contribution < -0.4 is 4.80 Å². The Labute approximate surface area is 136 Å². The average Bonchev–Trinajstić information content (AvgIpc) is 2.52. The highest BCUT2D eigenvalue weighted by atomic mass is 35.5. The van der Waals surface area contributed by atoms with Crippen molar-refractivity contribution in [3.05, 3.63) is 27.0 Å². The van der Waals surface area contributed by atoms with E-state index >= 15 is 0 Å². The van der Waals surface area contributed by atoms with E-state index in [9.17, 15) is 0 Å². The van der Waals surface area contributed by atoms with E-state index in [-0.39, 0.29) is 0 Å². The van der Waals surface area contributed by atoms with Crippen molar-refractivity contribution in [3.63, 3.8) is 0 Å². The van der Waals surface area contributed by atoms with Gasteiger partial charge < -0.3 is 4.23 Å². The van der Waals surface area contributed by atoms with E-state index in [1.807, 2.05) is 12.1 Å². The number of hydrogen-bond donors (Lipinski definition) is 0. The van der Waals surface area contributed by atoms with Gasteiger partial charge in [-0.1, -0.05) is 54.2 Å². The molecule has 0 amide bonds. The maximum atomic E-state index is 6.20. The summed E-state index contributed by atoms with van der Waals surface area (Å²) in [6.07, 6.45) is 0. The molecule has 0 atom stereocenters. The molecule has 1 heterocycles. The molecule has 2 aromatic rings. The van der Waals surface area contributed by atoms with Crippen molar-refractivity contribution in [1.29, 1.82) is 0 Å². The number of rotatable bonds is 2. The topological polar surface area (TPSA) is 17.3 Å². The van der Waals surface area contributed by atoms with Gasteiger partial charge in [-0.3, -0.25) is 4.66 Å². The van der Waals surface area contributed by atoms with Crippen LogP contribution in [0.5, 0.6) is 0 Å². The molecule has 0 N–H and O–H groups in total. The molecule has 0 aliphatic carbocycles. The van der Waals surface area contributed by atoms with E-state index in [1.165, 1.54) is 10.2 Å². The molecule has 0 fully saturated rings. The van der Waals surface area contributed by atoms with Crippen LogP contribution in [0.1, 0.15) is 0 Å². The third kappa shape index (κ3) is 3.39. The maximum Gasteiger partial charge on any atom is 0.176 e. The minimum atomic E-state index is -1.58. The maximum absolute atomic E-state index is 6.20. The number of fused-ring (bicyclic) bond motifs is 1. The summed E-state index contributed by atoms with van der Waals surface area (Å²) in [5.41, 5.74) is 1.17. The van der Waals surface area contributed by atoms with Gasteiger partial charge in [-0.25, -0.2) is 0 Å². The third-order valence-electron chi connectivity index (χ3n) is 2.74. The summed E-state index contributed by atoms with van der Waals surface area (Å²) in [6.45, 7) is 13.7. The van der Waals surface area contributed by atoms with Crippen molar-refractivity contribution in [2.45, 2.75) is 39.3 Å². The molecule has 0 saturated heterocycles. The Balaban J connectivity index is 2.92. The number of halogens is 2. The van der Waals surface area contributed by atoms with Crippen LogP contribution in [-0.4, -0.2) is 20.7 Å². The fourth-order valence-electron chi connectivity index (χ4n) is 2.03. The predicted molar refractivity (Wildman–Crippen MR) is 97.5 cm³/mol. The lowest BCUT2D eigenvalue weighted by atomic mass is 10.3. The zero-order valence-electron chi connectivity index (χ0n) is 12.7. The van der Waals surface area contributed by atoms with Crippen LogP contribution >= 0.6 is 34.5 Å². The quantitative estimate of drug-likeness (QED) is 0.633. The molecule has 2 rings (SSSR count). The summed E-state index contributed by atoms with van der Waals surface area (Å²) in [7, 11) is -3.10.